The van der Waals surface area contributed by atoms with E-state index in [9.17, 15) is 22.5 Å². The summed E-state index contributed by atoms with van der Waals surface area (Å²) < 4.78 is 39.5. The van der Waals surface area contributed by atoms with Gasteiger partial charge in [0.05, 0.1) is 23.1 Å². The molecule has 2 atom stereocenters. The maximum absolute atomic E-state index is 13.2. The number of hydrogen-bond acceptors (Lipinski definition) is 3. The van der Waals surface area contributed by atoms with Crippen molar-refractivity contribution in [1.82, 2.24) is 9.88 Å². The third kappa shape index (κ3) is 2.76. The molecule has 24 heavy (non-hydrogen) atoms. The molecule has 1 saturated carbocycles. The van der Waals surface area contributed by atoms with Gasteiger partial charge in [-0.15, -0.1) is 0 Å². The first-order valence-corrected chi connectivity index (χ1v) is 7.87. The fourth-order valence-corrected chi connectivity index (χ4v) is 3.59. The number of carbonyl (C=O) groups excluding carboxylic acids is 2. The number of aryl methyl sites for hydroxylation is 1. The van der Waals surface area contributed by atoms with Crippen molar-refractivity contribution in [2.24, 2.45) is 5.92 Å². The monoisotopic (exact) mass is 340 g/mol. The van der Waals surface area contributed by atoms with Crippen LogP contribution in [0.5, 0.6) is 0 Å². The molecule has 2 unspecified atom stereocenters. The van der Waals surface area contributed by atoms with E-state index in [1.54, 1.807) is 6.92 Å². The van der Waals surface area contributed by atoms with Crippen LogP contribution >= 0.6 is 0 Å². The lowest BCUT2D eigenvalue weighted by atomic mass is 9.64. The number of piperidine rings is 1. The van der Waals surface area contributed by atoms with Gasteiger partial charge in [-0.2, -0.15) is 0 Å². The molecule has 2 heterocycles. The molecule has 2 amide bonds. The number of nitrogens with zero attached hydrogens (tertiary/aromatic N) is 2. The van der Waals surface area contributed by atoms with E-state index in [0.717, 1.165) is 0 Å². The van der Waals surface area contributed by atoms with Crippen LogP contribution in [0.25, 0.3) is 0 Å². The van der Waals surface area contributed by atoms with Crippen molar-refractivity contribution in [3.63, 3.8) is 0 Å². The Balaban J connectivity index is 1.76. The maximum Gasteiger partial charge on any atom is 0.484 e. The second-order valence-electron chi connectivity index (χ2n) is 6.75. The Labute approximate surface area is 137 Å². The van der Waals surface area contributed by atoms with Crippen molar-refractivity contribution in [2.75, 3.05) is 18.4 Å². The molecule has 0 bridgehead atoms. The molecule has 2 fully saturated rings. The van der Waals surface area contributed by atoms with Crippen molar-refractivity contribution in [3.8, 4) is 0 Å². The first kappa shape index (κ1) is 16.8. The molecule has 3 rings (SSSR count). The van der Waals surface area contributed by atoms with Gasteiger partial charge in [-0.05, 0) is 18.9 Å². The van der Waals surface area contributed by atoms with Crippen LogP contribution < -0.4 is 5.32 Å². The maximum atomic E-state index is 13.2. The molecule has 9 heteroatoms. The molecule has 2 aliphatic rings. The average Bonchev–Trinajstić information content (AvgIpc) is 3.22. The lowest BCUT2D eigenvalue weighted by molar-refractivity contribution is -0.114. The fourth-order valence-electron chi connectivity index (χ4n) is 3.59. The van der Waals surface area contributed by atoms with Crippen LogP contribution in [-0.4, -0.2) is 41.8 Å². The molecule has 5 nitrogen and oxygen atoms in total. The van der Waals surface area contributed by atoms with E-state index in [4.69, 9.17) is 0 Å². The van der Waals surface area contributed by atoms with E-state index in [1.807, 2.05) is 0 Å². The minimum absolute atomic E-state index is 0.0230. The molecular weight excluding hydrogens is 322 g/mol. The van der Waals surface area contributed by atoms with Gasteiger partial charge in [-0.25, -0.2) is 0 Å². The van der Waals surface area contributed by atoms with Crippen molar-refractivity contribution in [3.05, 3.63) is 23.5 Å². The van der Waals surface area contributed by atoms with E-state index < -0.39 is 18.2 Å². The number of anilines is 1. The topological polar surface area (TPSA) is 62.3 Å². The highest BCUT2D eigenvalue weighted by atomic mass is 19.4. The van der Waals surface area contributed by atoms with E-state index in [-0.39, 0.29) is 37.7 Å². The quantitative estimate of drug-likeness (QED) is 0.861. The zero-order valence-corrected chi connectivity index (χ0v) is 13.5. The Morgan fingerprint density at radius 3 is 2.71 bits per heavy atom. The molecule has 0 aromatic carbocycles. The van der Waals surface area contributed by atoms with Gasteiger partial charge in [0.2, 0.25) is 5.91 Å². The Hall–Kier alpha value is -2.06. The highest BCUT2D eigenvalue weighted by Crippen LogP contribution is 2.71. The Morgan fingerprint density at radius 2 is 2.12 bits per heavy atom. The number of rotatable bonds is 3. The zero-order valence-electron chi connectivity index (χ0n) is 13.5. The number of hydrogen-bond donors (Lipinski definition) is 1. The molecule has 1 aromatic heterocycles. The Bertz CT molecular complexity index is 710. The van der Waals surface area contributed by atoms with Crippen LogP contribution in [0.4, 0.5) is 18.6 Å². The van der Waals surface area contributed by atoms with Gasteiger partial charge < -0.3 is 23.2 Å². The highest BCUT2D eigenvalue weighted by Gasteiger charge is 2.66. The van der Waals surface area contributed by atoms with Crippen molar-refractivity contribution in [2.45, 2.75) is 32.0 Å². The fraction of sp³-hybridized carbons (Fsp3) is 0.533. The SMILES string of the molecule is CC(=O)Nc1cnc(C)c(C(=O)N2CCC3([B-](F)(F)F)CC3C2)c1. The van der Waals surface area contributed by atoms with Gasteiger partial charge in [0.15, 0.2) is 0 Å². The third-order valence-electron chi connectivity index (χ3n) is 5.14. The van der Waals surface area contributed by atoms with Gasteiger partial charge in [-0.3, -0.25) is 14.6 Å². The summed E-state index contributed by atoms with van der Waals surface area (Å²) in [6, 6.07) is 1.52. The molecule has 130 valence electrons. The molecule has 1 aromatic rings. The smallest absolute Gasteiger partial charge is 0.449 e. The number of amides is 2. The minimum atomic E-state index is -4.87. The number of likely N-dealkylation sites (tertiary alicyclic amines) is 1. The molecule has 1 saturated heterocycles. The highest BCUT2D eigenvalue weighted by molar-refractivity contribution is 6.63. The largest absolute Gasteiger partial charge is 0.484 e. The summed E-state index contributed by atoms with van der Waals surface area (Å²) in [5.41, 5.74) is 1.20. The number of nitrogens with one attached hydrogen (secondary N) is 1. The van der Waals surface area contributed by atoms with Crippen molar-refractivity contribution < 1.29 is 22.5 Å². The van der Waals surface area contributed by atoms with Gasteiger partial charge in [0, 0.05) is 20.0 Å². The normalized spacial score (nSPS) is 25.9. The summed E-state index contributed by atoms with van der Waals surface area (Å²) in [4.78, 5) is 29.4. The third-order valence-corrected chi connectivity index (χ3v) is 5.14. The Kier molecular flexibility index (Phi) is 3.84. The standard InChI is InChI=1S/C15H18BF3N3O2/c1-9-13(5-12(7-20-9)21-10(2)23)14(24)22-4-3-15(16(17,18)19)6-11(15)8-22/h5,7,11H,3-4,6,8H2,1-2H3,(H,21,23)/q-1. The summed E-state index contributed by atoms with van der Waals surface area (Å²) in [5, 5.41) is 1.03. The average molecular weight is 340 g/mol. The van der Waals surface area contributed by atoms with Crippen LogP contribution in [0.15, 0.2) is 12.3 Å². The van der Waals surface area contributed by atoms with Crippen LogP contribution in [-0.2, 0) is 4.79 Å². The molecule has 0 radical (unpaired) electrons. The van der Waals surface area contributed by atoms with Gasteiger partial charge >= 0.3 is 6.98 Å². The van der Waals surface area contributed by atoms with E-state index in [1.165, 1.54) is 24.1 Å². The summed E-state index contributed by atoms with van der Waals surface area (Å²) in [6.07, 6.45) is 1.55. The van der Waals surface area contributed by atoms with Crippen molar-refractivity contribution in [1.29, 1.82) is 0 Å². The minimum Gasteiger partial charge on any atom is -0.449 e. The summed E-state index contributed by atoms with van der Waals surface area (Å²) in [7, 11) is 0. The molecular formula is C15H18BF3N3O2-. The van der Waals surface area contributed by atoms with Crippen LogP contribution in [0, 0.1) is 12.8 Å². The molecule has 1 aliphatic heterocycles. The van der Waals surface area contributed by atoms with E-state index >= 15 is 0 Å². The summed E-state index contributed by atoms with van der Waals surface area (Å²) in [5.74, 6) is -1.10. The zero-order chi connectivity index (χ0) is 17.7. The van der Waals surface area contributed by atoms with Gasteiger partial charge in [-0.1, -0.05) is 18.2 Å². The van der Waals surface area contributed by atoms with Crippen LogP contribution in [0.1, 0.15) is 35.8 Å². The summed E-state index contributed by atoms with van der Waals surface area (Å²) in [6.45, 7) is -1.64. The molecule has 1 N–H and O–H groups in total. The first-order valence-electron chi connectivity index (χ1n) is 7.87. The number of carbonyl (C=O) groups is 2. The van der Waals surface area contributed by atoms with Crippen molar-refractivity contribution >= 4 is 24.5 Å². The molecule has 0 spiro atoms. The lowest BCUT2D eigenvalue weighted by Crippen LogP contribution is -2.42. The predicted molar refractivity (Wildman–Crippen MR) is 83.7 cm³/mol. The Morgan fingerprint density at radius 1 is 1.42 bits per heavy atom. The second-order valence-corrected chi connectivity index (χ2v) is 6.75. The summed E-state index contributed by atoms with van der Waals surface area (Å²) >= 11 is 0. The number of fused-ring (bicyclic) bond motifs is 1. The van der Waals surface area contributed by atoms with Gasteiger partial charge in [0.25, 0.3) is 5.91 Å². The lowest BCUT2D eigenvalue weighted by Gasteiger charge is -2.37. The van der Waals surface area contributed by atoms with E-state index in [2.05, 4.69) is 10.3 Å². The van der Waals surface area contributed by atoms with Crippen LogP contribution in [0.2, 0.25) is 5.31 Å². The van der Waals surface area contributed by atoms with Crippen LogP contribution in [0.3, 0.4) is 0 Å². The number of pyridine rings is 1. The second kappa shape index (κ2) is 5.49. The predicted octanol–water partition coefficient (Wildman–Crippen LogP) is 2.80. The van der Waals surface area contributed by atoms with Gasteiger partial charge in [0.1, 0.15) is 0 Å². The number of halogens is 3. The van der Waals surface area contributed by atoms with E-state index in [0.29, 0.717) is 16.9 Å². The number of aromatic nitrogens is 1. The molecule has 1 aliphatic carbocycles. The first-order chi connectivity index (χ1) is 11.1.